The lowest BCUT2D eigenvalue weighted by atomic mass is 9.84. The van der Waals surface area contributed by atoms with Crippen molar-refractivity contribution in [1.82, 2.24) is 9.38 Å². The number of aryl methyl sites for hydroxylation is 1. The normalized spacial score (nSPS) is 15.5. The molecule has 0 fully saturated rings. The first-order valence-corrected chi connectivity index (χ1v) is 6.52. The summed E-state index contributed by atoms with van der Waals surface area (Å²) >= 11 is 0. The van der Waals surface area contributed by atoms with Gasteiger partial charge in [0.1, 0.15) is 13.5 Å². The zero-order valence-corrected chi connectivity index (χ0v) is 11.1. The third kappa shape index (κ3) is 2.12. The molecule has 3 rings (SSSR count). The zero-order valence-electron chi connectivity index (χ0n) is 11.1. The Balaban J connectivity index is 2.19. The lowest BCUT2D eigenvalue weighted by Crippen LogP contribution is -2.05. The van der Waals surface area contributed by atoms with Crippen LogP contribution in [0.1, 0.15) is 29.8 Å². The van der Waals surface area contributed by atoms with E-state index in [4.69, 9.17) is 18.6 Å². The number of pyridine rings is 1. The Morgan fingerprint density at radius 2 is 2.16 bits per heavy atom. The molecule has 94 valence electrons. The third-order valence-corrected chi connectivity index (χ3v) is 3.54. The minimum absolute atomic E-state index is 0.483. The summed E-state index contributed by atoms with van der Waals surface area (Å²) in [7, 11) is 5.81. The average molecular weight is 249 g/mol. The lowest BCUT2D eigenvalue weighted by Gasteiger charge is -2.11. The van der Waals surface area contributed by atoms with Crippen LogP contribution in [0.5, 0.6) is 0 Å². The van der Waals surface area contributed by atoms with Crippen LogP contribution in [0, 0.1) is 6.92 Å². The predicted octanol–water partition coefficient (Wildman–Crippen LogP) is 2.33. The molecule has 2 radical (unpaired) electrons. The van der Waals surface area contributed by atoms with Crippen molar-refractivity contribution in [3.8, 4) is 0 Å². The van der Waals surface area contributed by atoms with E-state index in [0.717, 1.165) is 35.3 Å². The zero-order chi connectivity index (χ0) is 13.4. The minimum atomic E-state index is 0.483. The number of allylic oxidation sites excluding steroid dienone is 4. The van der Waals surface area contributed by atoms with Crippen LogP contribution < -0.4 is 5.73 Å². The van der Waals surface area contributed by atoms with E-state index in [0.29, 0.717) is 6.54 Å². The van der Waals surface area contributed by atoms with Gasteiger partial charge in [-0.3, -0.25) is 0 Å². The van der Waals surface area contributed by atoms with Gasteiger partial charge in [0, 0.05) is 12.7 Å². The molecule has 2 N–H and O–H groups in total. The Kier molecular flexibility index (Phi) is 3.03. The third-order valence-electron chi connectivity index (χ3n) is 3.54. The Bertz CT molecular complexity index is 695. The van der Waals surface area contributed by atoms with Gasteiger partial charge in [0.15, 0.2) is 0 Å². The molecule has 0 unspecified atom stereocenters. The molecule has 0 atom stereocenters. The second-order valence-corrected chi connectivity index (χ2v) is 4.98. The van der Waals surface area contributed by atoms with Crippen LogP contribution in [0.15, 0.2) is 36.0 Å². The molecule has 0 saturated heterocycles. The van der Waals surface area contributed by atoms with Gasteiger partial charge in [-0.05, 0) is 37.0 Å². The molecule has 3 nitrogen and oxygen atoms in total. The predicted molar refractivity (Wildman–Crippen MR) is 78.9 cm³/mol. The van der Waals surface area contributed by atoms with E-state index in [1.54, 1.807) is 0 Å². The average Bonchev–Trinajstić information content (AvgIpc) is 2.77. The maximum atomic E-state index is 5.92. The Labute approximate surface area is 114 Å². The van der Waals surface area contributed by atoms with Crippen molar-refractivity contribution in [2.24, 2.45) is 5.73 Å². The van der Waals surface area contributed by atoms with E-state index >= 15 is 0 Å². The van der Waals surface area contributed by atoms with Crippen molar-refractivity contribution in [2.45, 2.75) is 26.3 Å². The van der Waals surface area contributed by atoms with Crippen LogP contribution in [-0.2, 0) is 6.54 Å². The van der Waals surface area contributed by atoms with E-state index in [1.165, 1.54) is 11.1 Å². The van der Waals surface area contributed by atoms with Crippen molar-refractivity contribution in [2.75, 3.05) is 0 Å². The molecule has 1 aliphatic carbocycles. The monoisotopic (exact) mass is 249 g/mol. The molecule has 4 heteroatoms. The molecular weight excluding hydrogens is 233 g/mol. The van der Waals surface area contributed by atoms with E-state index in [-0.39, 0.29) is 0 Å². The number of nitrogens with zero attached hydrogens (tertiary/aromatic N) is 2. The first-order valence-electron chi connectivity index (χ1n) is 6.52. The highest BCUT2D eigenvalue weighted by Gasteiger charge is 2.15. The largest absolute Gasteiger partial charge is 0.325 e. The van der Waals surface area contributed by atoms with Crippen molar-refractivity contribution in [3.63, 3.8) is 0 Å². The van der Waals surface area contributed by atoms with E-state index in [9.17, 15) is 0 Å². The van der Waals surface area contributed by atoms with Gasteiger partial charge in [-0.2, -0.15) is 0 Å². The maximum absolute atomic E-state index is 5.92. The molecular formula is C15H16BN3. The summed E-state index contributed by atoms with van der Waals surface area (Å²) in [5.41, 5.74) is 12.3. The van der Waals surface area contributed by atoms with Crippen LogP contribution >= 0.6 is 0 Å². The second kappa shape index (κ2) is 4.70. The van der Waals surface area contributed by atoms with E-state index in [1.807, 2.05) is 12.1 Å². The van der Waals surface area contributed by atoms with Gasteiger partial charge < -0.3 is 10.1 Å². The number of nitrogens with two attached hydrogens (primary N) is 1. The lowest BCUT2D eigenvalue weighted by molar-refractivity contribution is 0.939. The molecule has 0 bridgehead atoms. The van der Waals surface area contributed by atoms with Gasteiger partial charge in [-0.1, -0.05) is 18.2 Å². The summed E-state index contributed by atoms with van der Waals surface area (Å²) in [5, 5.41) is 0. The second-order valence-electron chi connectivity index (χ2n) is 4.98. The fourth-order valence-electron chi connectivity index (χ4n) is 2.50. The number of rotatable bonds is 2. The Hall–Kier alpha value is -1.81. The van der Waals surface area contributed by atoms with Gasteiger partial charge in [0.25, 0.3) is 0 Å². The van der Waals surface area contributed by atoms with Crippen LogP contribution in [0.25, 0.3) is 11.2 Å². The van der Waals surface area contributed by atoms with Gasteiger partial charge >= 0.3 is 0 Å². The summed E-state index contributed by atoms with van der Waals surface area (Å²) in [6.45, 7) is 2.55. The van der Waals surface area contributed by atoms with Crippen molar-refractivity contribution >= 4 is 19.1 Å². The van der Waals surface area contributed by atoms with Crippen molar-refractivity contribution < 1.29 is 0 Å². The molecule has 19 heavy (non-hydrogen) atoms. The number of fused-ring (bicyclic) bond motifs is 1. The molecule has 0 aromatic carbocycles. The molecule has 2 heterocycles. The molecule has 1 aliphatic rings. The highest BCUT2D eigenvalue weighted by molar-refractivity contribution is 6.22. The number of aromatic nitrogens is 2. The first kappa shape index (κ1) is 12.2. The summed E-state index contributed by atoms with van der Waals surface area (Å²) in [5.74, 6) is 0. The quantitative estimate of drug-likeness (QED) is 0.830. The highest BCUT2D eigenvalue weighted by Crippen LogP contribution is 2.28. The summed E-state index contributed by atoms with van der Waals surface area (Å²) in [6.07, 6.45) is 7.93. The van der Waals surface area contributed by atoms with Crippen LogP contribution in [0.3, 0.4) is 0 Å². The number of hydrogen-bond donors (Lipinski definition) is 1. The van der Waals surface area contributed by atoms with Gasteiger partial charge in [0.05, 0.1) is 11.4 Å². The van der Waals surface area contributed by atoms with Crippen LogP contribution in [-0.4, -0.2) is 17.2 Å². The Morgan fingerprint density at radius 1 is 1.32 bits per heavy atom. The highest BCUT2D eigenvalue weighted by atomic mass is 15.0. The fourth-order valence-corrected chi connectivity index (χ4v) is 2.50. The van der Waals surface area contributed by atoms with Gasteiger partial charge in [0.2, 0.25) is 0 Å². The molecule has 0 saturated carbocycles. The van der Waals surface area contributed by atoms with Gasteiger partial charge in [-0.15, -0.1) is 5.47 Å². The van der Waals surface area contributed by atoms with Gasteiger partial charge in [-0.25, -0.2) is 4.98 Å². The fraction of sp³-hybridized carbons (Fsp3) is 0.267. The molecule has 0 amide bonds. The molecule has 2 aromatic heterocycles. The van der Waals surface area contributed by atoms with Crippen molar-refractivity contribution in [1.29, 1.82) is 0 Å². The topological polar surface area (TPSA) is 43.3 Å². The van der Waals surface area contributed by atoms with E-state index < -0.39 is 0 Å². The molecule has 0 aliphatic heterocycles. The number of hydrogen-bond acceptors (Lipinski definition) is 2. The summed E-state index contributed by atoms with van der Waals surface area (Å²) < 4.78 is 2.09. The SMILES string of the molecule is [B]C1=CC=C(c2nc3ccc(C)cn3c2CN)CC1. The summed E-state index contributed by atoms with van der Waals surface area (Å²) in [4.78, 5) is 4.72. The van der Waals surface area contributed by atoms with Crippen LogP contribution in [0.2, 0.25) is 0 Å². The summed E-state index contributed by atoms with van der Waals surface area (Å²) in [6, 6.07) is 4.10. The standard InChI is InChI=1S/C15H16BN3/c1-10-2-7-14-18-15(13(8-17)19(14)9-10)11-3-5-12(16)6-4-11/h2-3,5,7,9H,4,6,8,17H2,1H3. The van der Waals surface area contributed by atoms with Crippen molar-refractivity contribution in [3.05, 3.63) is 52.9 Å². The van der Waals surface area contributed by atoms with E-state index in [2.05, 4.69) is 29.7 Å². The molecule has 0 spiro atoms. The first-order chi connectivity index (χ1) is 9.19. The van der Waals surface area contributed by atoms with Crippen LogP contribution in [0.4, 0.5) is 0 Å². The number of imidazole rings is 1. The minimum Gasteiger partial charge on any atom is -0.325 e. The maximum Gasteiger partial charge on any atom is 0.137 e. The smallest absolute Gasteiger partial charge is 0.137 e. The molecule has 2 aromatic rings. The Morgan fingerprint density at radius 3 is 2.84 bits per heavy atom.